The maximum atomic E-state index is 12.8. The summed E-state index contributed by atoms with van der Waals surface area (Å²) >= 11 is 13.3. The number of halogens is 2. The quantitative estimate of drug-likeness (QED) is 0.459. The van der Waals surface area contributed by atoms with Crippen LogP contribution in [0.5, 0.6) is 0 Å². The van der Waals surface area contributed by atoms with Gasteiger partial charge in [0, 0.05) is 62.8 Å². The number of hydrogen-bond acceptors (Lipinski definition) is 7. The van der Waals surface area contributed by atoms with E-state index in [1.807, 2.05) is 23.1 Å². The molecule has 2 amide bonds. The minimum Gasteiger partial charge on any atom is -0.368 e. The van der Waals surface area contributed by atoms with Crippen molar-refractivity contribution >= 4 is 58.0 Å². The minimum absolute atomic E-state index is 0.00131. The summed E-state index contributed by atoms with van der Waals surface area (Å²) in [6, 6.07) is 12.8. The van der Waals surface area contributed by atoms with Gasteiger partial charge in [0.25, 0.3) is 5.91 Å². The first-order chi connectivity index (χ1) is 16.4. The lowest BCUT2D eigenvalue weighted by Gasteiger charge is -2.35. The van der Waals surface area contributed by atoms with Gasteiger partial charge in [-0.25, -0.2) is 9.97 Å². The largest absolute Gasteiger partial charge is 0.368 e. The van der Waals surface area contributed by atoms with E-state index in [2.05, 4.69) is 20.5 Å². The number of nitrogens with zero attached hydrogens (tertiary/aromatic N) is 4. The summed E-state index contributed by atoms with van der Waals surface area (Å²) in [7, 11) is 0. The zero-order valence-corrected chi connectivity index (χ0v) is 20.9. The second-order valence-electron chi connectivity index (χ2n) is 7.73. The van der Waals surface area contributed by atoms with Crippen LogP contribution >= 0.6 is 34.5 Å². The maximum absolute atomic E-state index is 12.8. The summed E-state index contributed by atoms with van der Waals surface area (Å²) in [6.45, 7) is 4.96. The molecule has 1 saturated heterocycles. The van der Waals surface area contributed by atoms with E-state index >= 15 is 0 Å². The number of thiophene rings is 1. The van der Waals surface area contributed by atoms with Crippen molar-refractivity contribution in [3.63, 3.8) is 0 Å². The third-order valence-corrected chi connectivity index (χ3v) is 6.77. The molecule has 3 heterocycles. The van der Waals surface area contributed by atoms with E-state index in [9.17, 15) is 9.59 Å². The lowest BCUT2D eigenvalue weighted by atomic mass is 10.2. The highest BCUT2D eigenvalue weighted by molar-refractivity contribution is 7.17. The van der Waals surface area contributed by atoms with Crippen molar-refractivity contribution in [3.8, 4) is 11.4 Å². The average Bonchev–Trinajstić information content (AvgIpc) is 3.28. The van der Waals surface area contributed by atoms with E-state index in [1.165, 1.54) is 18.3 Å². The molecule has 1 aliphatic heterocycles. The molecule has 0 saturated carbocycles. The molecule has 0 radical (unpaired) electrons. The SMILES string of the molecule is CC(=O)NCCNc1cc(N2CCN(C(=O)c3ccc(Cl)s3)CC2)nc(-c2ccc(Cl)cc2)n1. The number of hydrogen-bond donors (Lipinski definition) is 2. The Labute approximate surface area is 211 Å². The molecule has 8 nitrogen and oxygen atoms in total. The number of benzene rings is 1. The lowest BCUT2D eigenvalue weighted by Crippen LogP contribution is -2.49. The van der Waals surface area contributed by atoms with Crippen molar-refractivity contribution in [2.24, 2.45) is 0 Å². The van der Waals surface area contributed by atoms with Gasteiger partial charge in [-0.05, 0) is 36.4 Å². The summed E-state index contributed by atoms with van der Waals surface area (Å²) < 4.78 is 0.608. The first-order valence-electron chi connectivity index (χ1n) is 10.8. The molecular weight excluding hydrogens is 495 g/mol. The van der Waals surface area contributed by atoms with Crippen LogP contribution in [0.25, 0.3) is 11.4 Å². The lowest BCUT2D eigenvalue weighted by molar-refractivity contribution is -0.118. The van der Waals surface area contributed by atoms with Gasteiger partial charge in [0.05, 0.1) is 9.21 Å². The normalized spacial score (nSPS) is 13.6. The molecule has 0 spiro atoms. The topological polar surface area (TPSA) is 90.5 Å². The molecule has 11 heteroatoms. The highest BCUT2D eigenvalue weighted by Crippen LogP contribution is 2.26. The summed E-state index contributed by atoms with van der Waals surface area (Å²) in [5, 5.41) is 6.66. The van der Waals surface area contributed by atoms with Crippen LogP contribution in [0.2, 0.25) is 9.36 Å². The van der Waals surface area contributed by atoms with Crippen LogP contribution in [0, 0.1) is 0 Å². The molecule has 1 fully saturated rings. The molecule has 2 aromatic heterocycles. The zero-order chi connectivity index (χ0) is 24.1. The highest BCUT2D eigenvalue weighted by Gasteiger charge is 2.24. The molecule has 0 atom stereocenters. The van der Waals surface area contributed by atoms with Crippen LogP contribution in [0.1, 0.15) is 16.6 Å². The number of piperazine rings is 1. The Morgan fingerprint density at radius 2 is 1.74 bits per heavy atom. The minimum atomic E-state index is -0.0794. The van der Waals surface area contributed by atoms with E-state index < -0.39 is 0 Å². The molecule has 0 unspecified atom stereocenters. The molecule has 1 aliphatic rings. The van der Waals surface area contributed by atoms with Crippen molar-refractivity contribution in [2.45, 2.75) is 6.92 Å². The molecular formula is C23H24Cl2N6O2S. The monoisotopic (exact) mass is 518 g/mol. The fraction of sp³-hybridized carbons (Fsp3) is 0.304. The van der Waals surface area contributed by atoms with Crippen LogP contribution in [0.15, 0.2) is 42.5 Å². The number of rotatable bonds is 7. The van der Waals surface area contributed by atoms with Crippen LogP contribution in [0.4, 0.5) is 11.6 Å². The summed E-state index contributed by atoms with van der Waals surface area (Å²) in [5.74, 6) is 1.92. The van der Waals surface area contributed by atoms with Crippen molar-refractivity contribution < 1.29 is 9.59 Å². The number of anilines is 2. The van der Waals surface area contributed by atoms with Gasteiger partial charge < -0.3 is 20.4 Å². The van der Waals surface area contributed by atoms with Crippen molar-refractivity contribution in [1.82, 2.24) is 20.2 Å². The predicted octanol–water partition coefficient (Wildman–Crippen LogP) is 4.02. The van der Waals surface area contributed by atoms with Crippen LogP contribution in [0.3, 0.4) is 0 Å². The Bertz CT molecular complexity index is 1160. The van der Waals surface area contributed by atoms with Gasteiger partial charge in [0.15, 0.2) is 5.82 Å². The van der Waals surface area contributed by atoms with Gasteiger partial charge in [-0.15, -0.1) is 11.3 Å². The number of aromatic nitrogens is 2. The van der Waals surface area contributed by atoms with Crippen LogP contribution in [-0.4, -0.2) is 66.0 Å². The van der Waals surface area contributed by atoms with Gasteiger partial charge >= 0.3 is 0 Å². The Balaban J connectivity index is 1.50. The molecule has 0 bridgehead atoms. The fourth-order valence-corrected chi connectivity index (χ4v) is 4.70. The van der Waals surface area contributed by atoms with Crippen LogP contribution < -0.4 is 15.5 Å². The molecule has 0 aliphatic carbocycles. The number of amides is 2. The smallest absolute Gasteiger partial charge is 0.264 e. The summed E-state index contributed by atoms with van der Waals surface area (Å²) in [4.78, 5) is 38.0. The molecule has 2 N–H and O–H groups in total. The first-order valence-corrected chi connectivity index (χ1v) is 12.4. The molecule has 3 aromatic rings. The highest BCUT2D eigenvalue weighted by atomic mass is 35.5. The van der Waals surface area contributed by atoms with E-state index in [-0.39, 0.29) is 11.8 Å². The standard InChI is InChI=1S/C23H24Cl2N6O2S/c1-15(32)26-8-9-27-20-14-21(29-22(28-20)16-2-4-17(24)5-3-16)30-10-12-31(13-11-30)23(33)18-6-7-19(25)34-18/h2-7,14H,8-13H2,1H3,(H,26,32)(H,27,28,29). The van der Waals surface area contributed by atoms with Crippen LogP contribution in [-0.2, 0) is 4.79 Å². The second kappa shape index (κ2) is 11.0. The third kappa shape index (κ3) is 6.16. The van der Waals surface area contributed by atoms with Gasteiger partial charge in [-0.2, -0.15) is 0 Å². The van der Waals surface area contributed by atoms with Gasteiger partial charge in [-0.3, -0.25) is 9.59 Å². The summed E-state index contributed by atoms with van der Waals surface area (Å²) in [5.41, 5.74) is 0.847. The fourth-order valence-electron chi connectivity index (χ4n) is 3.57. The molecule has 1 aromatic carbocycles. The number of carbonyl (C=O) groups excluding carboxylic acids is 2. The Morgan fingerprint density at radius 1 is 1.00 bits per heavy atom. The first kappa shape index (κ1) is 24.3. The van der Waals surface area contributed by atoms with Gasteiger partial charge in [-0.1, -0.05) is 23.2 Å². The Kier molecular flexibility index (Phi) is 7.87. The van der Waals surface area contributed by atoms with Crippen molar-refractivity contribution in [2.75, 3.05) is 49.5 Å². The van der Waals surface area contributed by atoms with E-state index in [0.29, 0.717) is 65.1 Å². The van der Waals surface area contributed by atoms with Gasteiger partial charge in [0.2, 0.25) is 5.91 Å². The van der Waals surface area contributed by atoms with E-state index in [0.717, 1.165) is 11.4 Å². The van der Waals surface area contributed by atoms with Crippen molar-refractivity contribution in [1.29, 1.82) is 0 Å². The Hall–Kier alpha value is -2.88. The maximum Gasteiger partial charge on any atom is 0.264 e. The zero-order valence-electron chi connectivity index (χ0n) is 18.6. The third-order valence-electron chi connectivity index (χ3n) is 5.29. The van der Waals surface area contributed by atoms with E-state index in [1.54, 1.807) is 24.3 Å². The predicted molar refractivity (Wildman–Crippen MR) is 137 cm³/mol. The number of carbonyl (C=O) groups is 2. The molecule has 178 valence electrons. The Morgan fingerprint density at radius 3 is 2.38 bits per heavy atom. The number of nitrogens with one attached hydrogen (secondary N) is 2. The van der Waals surface area contributed by atoms with E-state index in [4.69, 9.17) is 28.2 Å². The average molecular weight is 519 g/mol. The summed E-state index contributed by atoms with van der Waals surface area (Å²) in [6.07, 6.45) is 0. The van der Waals surface area contributed by atoms with Gasteiger partial charge in [0.1, 0.15) is 11.6 Å². The molecule has 4 rings (SSSR count). The second-order valence-corrected chi connectivity index (χ2v) is 9.89. The van der Waals surface area contributed by atoms with Crippen molar-refractivity contribution in [3.05, 3.63) is 56.7 Å². The molecule has 34 heavy (non-hydrogen) atoms.